The number of ether oxygens (including phenoxy) is 1. The van der Waals surface area contributed by atoms with E-state index in [0.717, 1.165) is 25.9 Å². The maximum atomic E-state index is 5.93. The molecule has 1 heterocycles. The van der Waals surface area contributed by atoms with Crippen molar-refractivity contribution in [3.05, 3.63) is 101 Å². The van der Waals surface area contributed by atoms with E-state index in [4.69, 9.17) is 4.74 Å². The lowest BCUT2D eigenvalue weighted by Gasteiger charge is -2.37. The quantitative estimate of drug-likeness (QED) is 0.351. The lowest BCUT2D eigenvalue weighted by Crippen LogP contribution is -2.45. The zero-order chi connectivity index (χ0) is 28.6. The minimum Gasteiger partial charge on any atom is -0.372 e. The Balaban J connectivity index is 0.000000710. The van der Waals surface area contributed by atoms with E-state index >= 15 is 0 Å². The summed E-state index contributed by atoms with van der Waals surface area (Å²) in [6.07, 6.45) is 9.58. The number of rotatable bonds is 3. The first-order chi connectivity index (χ1) is 19.4. The Morgan fingerprint density at radius 1 is 0.683 bits per heavy atom. The van der Waals surface area contributed by atoms with Gasteiger partial charge in [0.15, 0.2) is 0 Å². The summed E-state index contributed by atoms with van der Waals surface area (Å²) in [5, 5.41) is 0. The molecule has 220 valence electrons. The molecule has 6 rings (SSSR count). The lowest BCUT2D eigenvalue weighted by molar-refractivity contribution is -0.00521. The number of benzene rings is 3. The van der Waals surface area contributed by atoms with Crippen LogP contribution < -0.4 is 11.1 Å². The molecule has 1 saturated carbocycles. The molecule has 3 heteroatoms. The molecule has 0 spiro atoms. The summed E-state index contributed by atoms with van der Waals surface area (Å²) in [7, 11) is 0. The van der Waals surface area contributed by atoms with Gasteiger partial charge in [-0.25, -0.2) is 0 Å². The maximum absolute atomic E-state index is 5.93. The van der Waals surface area contributed by atoms with Gasteiger partial charge >= 0.3 is 0 Å². The van der Waals surface area contributed by atoms with Crippen LogP contribution >= 0.6 is 0 Å². The summed E-state index contributed by atoms with van der Waals surface area (Å²) in [5.74, 6) is 0. The van der Waals surface area contributed by atoms with Gasteiger partial charge in [-0.2, -0.15) is 0 Å². The first kappa shape index (κ1) is 32.4. The number of anilines is 1. The molecular formula is C38H52N2O. The molecule has 0 amide bonds. The zero-order valence-electron chi connectivity index (χ0n) is 26.6. The average molecular weight is 553 g/mol. The van der Waals surface area contributed by atoms with Crippen LogP contribution in [-0.4, -0.2) is 25.3 Å². The van der Waals surface area contributed by atoms with Gasteiger partial charge in [-0.3, -0.25) is 0 Å². The standard InChI is InChI=1S/C33H37NO.C3H6.C2H6.H3N/c1-22-9-12-27(13-10-22)31-8-6-7-30-26(5)33(19-23(2)11-18-32(30)31)28-14-16-29(17-15-28)34-20-24(3)35-25(4)21-34;1-2-3-1;1-2;/h6-10,12-17,19,24-25H,11,18,20-21H2,1-5H3;1-3H2;1-2H3;1H3/b23-19+,33-26+;;;/t24-,25-;;;/m1.../s1. The molecule has 0 unspecified atom stereocenters. The maximum Gasteiger partial charge on any atom is 0.0726 e. The number of nitrogens with zero attached hydrogens (tertiary/aromatic N) is 1. The molecule has 2 aliphatic carbocycles. The fourth-order valence-electron chi connectivity index (χ4n) is 5.65. The fraction of sp³-hybridized carbons (Fsp3) is 0.421. The van der Waals surface area contributed by atoms with Crippen molar-refractivity contribution in [2.45, 2.75) is 92.8 Å². The van der Waals surface area contributed by atoms with E-state index in [0.29, 0.717) is 0 Å². The Morgan fingerprint density at radius 3 is 1.83 bits per heavy atom. The van der Waals surface area contributed by atoms with Crippen LogP contribution in [0.2, 0.25) is 0 Å². The smallest absolute Gasteiger partial charge is 0.0726 e. The van der Waals surface area contributed by atoms with Crippen molar-refractivity contribution >= 4 is 16.8 Å². The second-order valence-electron chi connectivity index (χ2n) is 11.5. The molecule has 0 aromatic heterocycles. The molecule has 0 radical (unpaired) electrons. The second kappa shape index (κ2) is 15.2. The van der Waals surface area contributed by atoms with Crippen molar-refractivity contribution in [2.24, 2.45) is 0 Å². The van der Waals surface area contributed by atoms with Gasteiger partial charge in [0, 0.05) is 18.8 Å². The van der Waals surface area contributed by atoms with Gasteiger partial charge < -0.3 is 15.8 Å². The van der Waals surface area contributed by atoms with Crippen LogP contribution in [0.15, 0.2) is 78.4 Å². The molecular weight excluding hydrogens is 500 g/mol. The number of allylic oxidation sites excluding steroid dienone is 4. The zero-order valence-corrected chi connectivity index (χ0v) is 26.6. The monoisotopic (exact) mass is 552 g/mol. The Kier molecular flexibility index (Phi) is 12.0. The van der Waals surface area contributed by atoms with Gasteiger partial charge in [-0.05, 0) is 98.6 Å². The minimum absolute atomic E-state index is 0. The SMILES string of the molecule is C/C1=C\C(c2ccc(N3C[C@@H](C)O[C@H](C)C3)cc2)=C(\C)c2cccc(-c3ccc(C)cc3)c2CC1.C1CC1.CC.N. The van der Waals surface area contributed by atoms with Gasteiger partial charge in [-0.15, -0.1) is 0 Å². The van der Waals surface area contributed by atoms with Crippen molar-refractivity contribution < 1.29 is 4.74 Å². The third-order valence-electron chi connectivity index (χ3n) is 7.82. The molecule has 1 saturated heterocycles. The normalized spacial score (nSPS) is 22.6. The Labute approximate surface area is 249 Å². The summed E-state index contributed by atoms with van der Waals surface area (Å²) in [4.78, 5) is 2.45. The number of aryl methyl sites for hydroxylation is 1. The van der Waals surface area contributed by atoms with E-state index < -0.39 is 0 Å². The van der Waals surface area contributed by atoms with Crippen LogP contribution in [0.25, 0.3) is 22.3 Å². The van der Waals surface area contributed by atoms with Crippen LogP contribution in [-0.2, 0) is 11.2 Å². The summed E-state index contributed by atoms with van der Waals surface area (Å²) in [6, 6.07) is 24.9. The highest BCUT2D eigenvalue weighted by atomic mass is 16.5. The Bertz CT molecular complexity index is 1300. The molecule has 3 aliphatic rings. The van der Waals surface area contributed by atoms with Crippen molar-refractivity contribution in [3.63, 3.8) is 0 Å². The predicted octanol–water partition coefficient (Wildman–Crippen LogP) is 10.5. The highest BCUT2D eigenvalue weighted by Gasteiger charge is 2.23. The van der Waals surface area contributed by atoms with Crippen molar-refractivity contribution in [3.8, 4) is 11.1 Å². The second-order valence-corrected chi connectivity index (χ2v) is 11.5. The molecule has 1 aliphatic heterocycles. The van der Waals surface area contributed by atoms with Gasteiger partial charge in [0.25, 0.3) is 0 Å². The Morgan fingerprint density at radius 2 is 1.24 bits per heavy atom. The van der Waals surface area contributed by atoms with Gasteiger partial charge in [0.2, 0.25) is 0 Å². The van der Waals surface area contributed by atoms with Crippen LogP contribution in [0.4, 0.5) is 5.69 Å². The van der Waals surface area contributed by atoms with E-state index in [9.17, 15) is 0 Å². The molecule has 41 heavy (non-hydrogen) atoms. The molecule has 3 N–H and O–H groups in total. The topological polar surface area (TPSA) is 47.5 Å². The van der Waals surface area contributed by atoms with E-state index in [-0.39, 0.29) is 18.4 Å². The molecule has 3 nitrogen and oxygen atoms in total. The number of hydrogen-bond acceptors (Lipinski definition) is 3. The third kappa shape index (κ3) is 8.44. The fourth-order valence-corrected chi connectivity index (χ4v) is 5.65. The predicted molar refractivity (Wildman–Crippen MR) is 180 cm³/mol. The van der Waals surface area contributed by atoms with Gasteiger partial charge in [0.1, 0.15) is 0 Å². The van der Waals surface area contributed by atoms with Gasteiger partial charge in [-0.1, -0.05) is 105 Å². The third-order valence-corrected chi connectivity index (χ3v) is 7.82. The highest BCUT2D eigenvalue weighted by molar-refractivity contribution is 5.97. The highest BCUT2D eigenvalue weighted by Crippen LogP contribution is 2.38. The van der Waals surface area contributed by atoms with Crippen molar-refractivity contribution in [2.75, 3.05) is 18.0 Å². The lowest BCUT2D eigenvalue weighted by atomic mass is 9.83. The van der Waals surface area contributed by atoms with Gasteiger partial charge in [0.05, 0.1) is 12.2 Å². The molecule has 3 aromatic rings. The molecule has 0 bridgehead atoms. The summed E-state index contributed by atoms with van der Waals surface area (Å²) in [5.41, 5.74) is 13.5. The van der Waals surface area contributed by atoms with E-state index in [1.807, 2.05) is 13.8 Å². The molecule has 2 fully saturated rings. The first-order valence-corrected chi connectivity index (χ1v) is 15.5. The van der Waals surface area contributed by atoms with E-state index in [2.05, 4.69) is 112 Å². The van der Waals surface area contributed by atoms with Crippen LogP contribution in [0.1, 0.15) is 89.5 Å². The number of fused-ring (bicyclic) bond motifs is 1. The molecule has 2 atom stereocenters. The summed E-state index contributed by atoms with van der Waals surface area (Å²) in [6.45, 7) is 16.9. The number of hydrogen-bond donors (Lipinski definition) is 1. The number of morpholine rings is 1. The largest absolute Gasteiger partial charge is 0.372 e. The van der Waals surface area contributed by atoms with Crippen molar-refractivity contribution in [1.82, 2.24) is 6.15 Å². The van der Waals surface area contributed by atoms with Crippen LogP contribution in [0, 0.1) is 6.92 Å². The Hall–Kier alpha value is -3.14. The van der Waals surface area contributed by atoms with Crippen LogP contribution in [0.3, 0.4) is 0 Å². The van der Waals surface area contributed by atoms with Crippen molar-refractivity contribution in [1.29, 1.82) is 0 Å². The average Bonchev–Trinajstić information content (AvgIpc) is 3.85. The van der Waals surface area contributed by atoms with E-state index in [1.54, 1.807) is 0 Å². The van der Waals surface area contributed by atoms with E-state index in [1.165, 1.54) is 75.0 Å². The first-order valence-electron chi connectivity index (χ1n) is 15.5. The minimum atomic E-state index is 0. The summed E-state index contributed by atoms with van der Waals surface area (Å²) >= 11 is 0. The molecule has 3 aromatic carbocycles. The van der Waals surface area contributed by atoms with Crippen LogP contribution in [0.5, 0.6) is 0 Å². The summed E-state index contributed by atoms with van der Waals surface area (Å²) < 4.78 is 5.93.